The lowest BCUT2D eigenvalue weighted by Gasteiger charge is -2.01. The van der Waals surface area contributed by atoms with Gasteiger partial charge in [0.15, 0.2) is 5.78 Å². The minimum absolute atomic E-state index is 0.0299. The van der Waals surface area contributed by atoms with Gasteiger partial charge in [-0.25, -0.2) is 0 Å². The van der Waals surface area contributed by atoms with E-state index in [-0.39, 0.29) is 5.78 Å². The molecule has 0 spiro atoms. The molecule has 0 unspecified atom stereocenters. The third-order valence-corrected chi connectivity index (χ3v) is 2.58. The third kappa shape index (κ3) is 3.08. The highest BCUT2D eigenvalue weighted by atomic mass is 16.5. The average Bonchev–Trinajstić information content (AvgIpc) is 2.46. The first-order chi connectivity index (χ1) is 8.79. The van der Waals surface area contributed by atoms with Crippen LogP contribution >= 0.6 is 0 Å². The number of hydrogen-bond acceptors (Lipinski definition) is 2. The zero-order valence-electron chi connectivity index (χ0n) is 10.2. The van der Waals surface area contributed by atoms with Crippen LogP contribution in [0.4, 0.5) is 0 Å². The minimum atomic E-state index is -0.0299. The summed E-state index contributed by atoms with van der Waals surface area (Å²) in [6.45, 7) is 0. The average molecular weight is 238 g/mol. The van der Waals surface area contributed by atoms with Gasteiger partial charge in [0.05, 0.1) is 7.11 Å². The van der Waals surface area contributed by atoms with Gasteiger partial charge in [-0.3, -0.25) is 4.79 Å². The van der Waals surface area contributed by atoms with Gasteiger partial charge in [0.25, 0.3) is 0 Å². The van der Waals surface area contributed by atoms with E-state index in [1.807, 2.05) is 48.5 Å². The van der Waals surface area contributed by atoms with Crippen molar-refractivity contribution in [2.24, 2.45) is 0 Å². The van der Waals surface area contributed by atoms with E-state index in [4.69, 9.17) is 4.74 Å². The van der Waals surface area contributed by atoms with Crippen molar-refractivity contribution < 1.29 is 9.53 Å². The molecule has 0 heterocycles. The van der Waals surface area contributed by atoms with Crippen molar-refractivity contribution >= 4 is 11.9 Å². The number of carbonyl (C=O) groups is 1. The molecule has 0 N–H and O–H groups in total. The van der Waals surface area contributed by atoms with E-state index in [9.17, 15) is 4.79 Å². The van der Waals surface area contributed by atoms with Crippen molar-refractivity contribution in [2.45, 2.75) is 0 Å². The first kappa shape index (κ1) is 12.1. The molecule has 0 bridgehead atoms. The van der Waals surface area contributed by atoms with Crippen LogP contribution in [0.5, 0.6) is 5.75 Å². The summed E-state index contributed by atoms with van der Waals surface area (Å²) in [5.41, 5.74) is 1.63. The molecule has 18 heavy (non-hydrogen) atoms. The Kier molecular flexibility index (Phi) is 3.92. The first-order valence-electron chi connectivity index (χ1n) is 5.71. The van der Waals surface area contributed by atoms with Gasteiger partial charge in [0, 0.05) is 5.56 Å². The summed E-state index contributed by atoms with van der Waals surface area (Å²) in [4.78, 5) is 11.9. The van der Waals surface area contributed by atoms with Gasteiger partial charge in [0.2, 0.25) is 0 Å². The molecule has 0 radical (unpaired) electrons. The second-order valence-corrected chi connectivity index (χ2v) is 3.84. The lowest BCUT2D eigenvalue weighted by Crippen LogP contribution is -1.94. The summed E-state index contributed by atoms with van der Waals surface area (Å²) < 4.78 is 5.09. The zero-order chi connectivity index (χ0) is 12.8. The maximum Gasteiger partial charge on any atom is 0.185 e. The largest absolute Gasteiger partial charge is 0.497 e. The Morgan fingerprint density at radius 1 is 1.06 bits per heavy atom. The molecule has 0 aromatic heterocycles. The van der Waals surface area contributed by atoms with E-state index in [2.05, 4.69) is 0 Å². The fourth-order valence-corrected chi connectivity index (χ4v) is 1.61. The lowest BCUT2D eigenvalue weighted by molar-refractivity contribution is 0.104. The van der Waals surface area contributed by atoms with Crippen molar-refractivity contribution in [3.63, 3.8) is 0 Å². The van der Waals surface area contributed by atoms with E-state index in [0.717, 1.165) is 5.56 Å². The fraction of sp³-hybridized carbons (Fsp3) is 0.0625. The standard InChI is InChI=1S/C16H14O2/c1-18-15-9-5-8-14(12-15)16(17)11-10-13-6-3-2-4-7-13/h2-12H,1H3/b11-10-. The first-order valence-corrected chi connectivity index (χ1v) is 5.71. The Morgan fingerprint density at radius 2 is 1.83 bits per heavy atom. The number of benzene rings is 2. The number of hydrogen-bond donors (Lipinski definition) is 0. The molecule has 2 rings (SSSR count). The van der Waals surface area contributed by atoms with Crippen molar-refractivity contribution in [1.82, 2.24) is 0 Å². The van der Waals surface area contributed by atoms with E-state index in [1.54, 1.807) is 25.3 Å². The molecule has 90 valence electrons. The molecule has 0 aliphatic carbocycles. The maximum atomic E-state index is 11.9. The molecule has 0 saturated heterocycles. The van der Waals surface area contributed by atoms with Gasteiger partial charge in [-0.15, -0.1) is 0 Å². The summed E-state index contributed by atoms with van der Waals surface area (Å²) in [7, 11) is 1.59. The SMILES string of the molecule is COc1cccc(C(=O)/C=C\c2ccccc2)c1. The number of ether oxygens (including phenoxy) is 1. The lowest BCUT2D eigenvalue weighted by atomic mass is 10.1. The Hall–Kier alpha value is -2.35. The van der Waals surface area contributed by atoms with E-state index < -0.39 is 0 Å². The molecular formula is C16H14O2. The van der Waals surface area contributed by atoms with E-state index >= 15 is 0 Å². The monoisotopic (exact) mass is 238 g/mol. The molecule has 0 aliphatic heterocycles. The Morgan fingerprint density at radius 3 is 2.56 bits per heavy atom. The molecular weight excluding hydrogens is 224 g/mol. The quantitative estimate of drug-likeness (QED) is 0.601. The van der Waals surface area contributed by atoms with Crippen molar-refractivity contribution in [2.75, 3.05) is 7.11 Å². The van der Waals surface area contributed by atoms with Crippen LogP contribution in [0.15, 0.2) is 60.7 Å². The molecule has 2 aromatic carbocycles. The fourth-order valence-electron chi connectivity index (χ4n) is 1.61. The van der Waals surface area contributed by atoms with E-state index in [1.165, 1.54) is 0 Å². The van der Waals surface area contributed by atoms with Gasteiger partial charge in [-0.05, 0) is 23.8 Å². The van der Waals surface area contributed by atoms with Crippen LogP contribution in [-0.4, -0.2) is 12.9 Å². The van der Waals surface area contributed by atoms with Crippen LogP contribution in [0, 0.1) is 0 Å². The van der Waals surface area contributed by atoms with Crippen LogP contribution < -0.4 is 4.74 Å². The molecule has 2 aromatic rings. The molecule has 2 heteroatoms. The normalized spacial score (nSPS) is 10.5. The van der Waals surface area contributed by atoms with Crippen molar-refractivity contribution in [3.8, 4) is 5.75 Å². The Labute approximate surface area is 107 Å². The predicted octanol–water partition coefficient (Wildman–Crippen LogP) is 3.59. The van der Waals surface area contributed by atoms with Crippen LogP contribution in [0.25, 0.3) is 6.08 Å². The third-order valence-electron chi connectivity index (χ3n) is 2.58. The molecule has 0 saturated carbocycles. The Balaban J connectivity index is 2.14. The molecule has 0 amide bonds. The molecule has 2 nitrogen and oxygen atoms in total. The zero-order valence-corrected chi connectivity index (χ0v) is 10.2. The van der Waals surface area contributed by atoms with Crippen LogP contribution in [-0.2, 0) is 0 Å². The highest BCUT2D eigenvalue weighted by Crippen LogP contribution is 2.13. The summed E-state index contributed by atoms with van der Waals surface area (Å²) in [5, 5.41) is 0. The van der Waals surface area contributed by atoms with Gasteiger partial charge in [-0.1, -0.05) is 48.5 Å². The topological polar surface area (TPSA) is 26.3 Å². The van der Waals surface area contributed by atoms with Gasteiger partial charge in [-0.2, -0.15) is 0 Å². The van der Waals surface area contributed by atoms with Crippen LogP contribution in [0.3, 0.4) is 0 Å². The summed E-state index contributed by atoms with van der Waals surface area (Å²) in [5.74, 6) is 0.659. The predicted molar refractivity (Wildman–Crippen MR) is 72.8 cm³/mol. The Bertz CT molecular complexity index is 556. The van der Waals surface area contributed by atoms with Gasteiger partial charge < -0.3 is 4.74 Å². The smallest absolute Gasteiger partial charge is 0.185 e. The highest BCUT2D eigenvalue weighted by Gasteiger charge is 2.02. The maximum absolute atomic E-state index is 11.9. The molecule has 0 atom stereocenters. The summed E-state index contributed by atoms with van der Waals surface area (Å²) in [6, 6.07) is 16.9. The van der Waals surface area contributed by atoms with Crippen molar-refractivity contribution in [3.05, 3.63) is 71.8 Å². The number of rotatable bonds is 4. The number of methoxy groups -OCH3 is 1. The second-order valence-electron chi connectivity index (χ2n) is 3.84. The van der Waals surface area contributed by atoms with Crippen molar-refractivity contribution in [1.29, 1.82) is 0 Å². The summed E-state index contributed by atoms with van der Waals surface area (Å²) in [6.07, 6.45) is 3.38. The van der Waals surface area contributed by atoms with Gasteiger partial charge in [0.1, 0.15) is 5.75 Å². The van der Waals surface area contributed by atoms with Crippen LogP contribution in [0.2, 0.25) is 0 Å². The van der Waals surface area contributed by atoms with Gasteiger partial charge >= 0.3 is 0 Å². The number of ketones is 1. The molecule has 0 fully saturated rings. The summed E-state index contributed by atoms with van der Waals surface area (Å²) >= 11 is 0. The highest BCUT2D eigenvalue weighted by molar-refractivity contribution is 6.07. The minimum Gasteiger partial charge on any atom is -0.497 e. The second kappa shape index (κ2) is 5.82. The number of carbonyl (C=O) groups excluding carboxylic acids is 1. The number of allylic oxidation sites excluding steroid dienone is 1. The van der Waals surface area contributed by atoms with E-state index in [0.29, 0.717) is 11.3 Å². The molecule has 0 aliphatic rings. The van der Waals surface area contributed by atoms with Crippen LogP contribution in [0.1, 0.15) is 15.9 Å².